The van der Waals surface area contributed by atoms with Crippen LogP contribution in [0.4, 0.5) is 0 Å². The van der Waals surface area contributed by atoms with Gasteiger partial charge < -0.3 is 14.6 Å². The molecule has 2 heterocycles. The number of carbonyl (C=O) groups excluding carboxylic acids is 1. The minimum absolute atomic E-state index is 0.129. The summed E-state index contributed by atoms with van der Waals surface area (Å²) in [4.78, 5) is 14.9. The zero-order chi connectivity index (χ0) is 15.4. The normalized spacial score (nSPS) is 18.2. The van der Waals surface area contributed by atoms with E-state index in [2.05, 4.69) is 12.2 Å². The zero-order valence-corrected chi connectivity index (χ0v) is 13.8. The number of aryl methyl sites for hydroxylation is 2. The lowest BCUT2D eigenvalue weighted by molar-refractivity contribution is 0.0737. The summed E-state index contributed by atoms with van der Waals surface area (Å²) in [6.07, 6.45) is 4.53. The van der Waals surface area contributed by atoms with E-state index in [9.17, 15) is 4.79 Å². The van der Waals surface area contributed by atoms with E-state index in [0.717, 1.165) is 61.5 Å². The summed E-state index contributed by atoms with van der Waals surface area (Å²) in [5.41, 5.74) is 1.75. The maximum absolute atomic E-state index is 12.9. The predicted octanol–water partition coefficient (Wildman–Crippen LogP) is 3.20. The molecule has 1 unspecified atom stereocenters. The van der Waals surface area contributed by atoms with Gasteiger partial charge in [0, 0.05) is 24.7 Å². The van der Waals surface area contributed by atoms with Crippen LogP contribution in [-0.4, -0.2) is 36.5 Å². The molecule has 1 saturated heterocycles. The van der Waals surface area contributed by atoms with Crippen LogP contribution in [0, 0.1) is 20.8 Å². The molecule has 0 aromatic carbocycles. The highest BCUT2D eigenvalue weighted by Crippen LogP contribution is 2.23. The smallest absolute Gasteiger partial charge is 0.257 e. The molecule has 0 spiro atoms. The van der Waals surface area contributed by atoms with E-state index in [-0.39, 0.29) is 5.91 Å². The third kappa shape index (κ3) is 3.67. The first kappa shape index (κ1) is 16.1. The zero-order valence-electron chi connectivity index (χ0n) is 13.8. The van der Waals surface area contributed by atoms with Crippen molar-refractivity contribution < 1.29 is 9.21 Å². The maximum Gasteiger partial charge on any atom is 0.257 e. The number of nitrogens with zero attached hydrogens (tertiary/aromatic N) is 1. The molecule has 0 bridgehead atoms. The van der Waals surface area contributed by atoms with Gasteiger partial charge in [-0.1, -0.05) is 13.3 Å². The first-order valence-corrected chi connectivity index (χ1v) is 8.13. The lowest BCUT2D eigenvalue weighted by Gasteiger charge is -2.26. The summed E-state index contributed by atoms with van der Waals surface area (Å²) in [7, 11) is 0. The van der Waals surface area contributed by atoms with Gasteiger partial charge in [0.05, 0.1) is 5.56 Å². The van der Waals surface area contributed by atoms with Crippen molar-refractivity contribution in [1.29, 1.82) is 0 Å². The van der Waals surface area contributed by atoms with Crippen LogP contribution in [0.2, 0.25) is 0 Å². The molecule has 1 atom stereocenters. The maximum atomic E-state index is 12.9. The fraction of sp³-hybridized carbons (Fsp3) is 0.706. The molecule has 2 rings (SSSR count). The molecule has 1 N–H and O–H groups in total. The number of rotatable bonds is 6. The second-order valence-electron chi connectivity index (χ2n) is 6.11. The van der Waals surface area contributed by atoms with Crippen molar-refractivity contribution in [2.45, 2.75) is 59.4 Å². The molecular weight excluding hydrogens is 264 g/mol. The van der Waals surface area contributed by atoms with Gasteiger partial charge in [-0.3, -0.25) is 4.79 Å². The Kier molecular flexibility index (Phi) is 5.45. The third-order valence-corrected chi connectivity index (χ3v) is 4.45. The van der Waals surface area contributed by atoms with Crippen molar-refractivity contribution in [3.05, 3.63) is 22.6 Å². The molecule has 21 heavy (non-hydrogen) atoms. The van der Waals surface area contributed by atoms with Gasteiger partial charge in [0.15, 0.2) is 0 Å². The highest BCUT2D eigenvalue weighted by Gasteiger charge is 2.26. The number of amides is 1. The van der Waals surface area contributed by atoms with Gasteiger partial charge in [0.2, 0.25) is 0 Å². The summed E-state index contributed by atoms with van der Waals surface area (Å²) < 4.78 is 5.63. The summed E-state index contributed by atoms with van der Waals surface area (Å²) >= 11 is 0. The first-order chi connectivity index (χ1) is 10.0. The standard InChI is InChI=1S/C17H28N2O2/c1-5-6-10-19(11-15-8-7-9-18-15)17(20)16-12(2)13(3)21-14(16)4/h15,18H,5-11H2,1-4H3. The van der Waals surface area contributed by atoms with Gasteiger partial charge in [-0.2, -0.15) is 0 Å². The monoisotopic (exact) mass is 292 g/mol. The number of hydrogen-bond acceptors (Lipinski definition) is 3. The van der Waals surface area contributed by atoms with Crippen LogP contribution in [-0.2, 0) is 0 Å². The third-order valence-electron chi connectivity index (χ3n) is 4.45. The molecule has 0 aliphatic carbocycles. The summed E-state index contributed by atoms with van der Waals surface area (Å²) in [6.45, 7) is 10.7. The molecule has 1 fully saturated rings. The van der Waals surface area contributed by atoms with Crippen LogP contribution in [0.1, 0.15) is 60.0 Å². The Hall–Kier alpha value is -1.29. The van der Waals surface area contributed by atoms with Crippen molar-refractivity contribution in [2.75, 3.05) is 19.6 Å². The Morgan fingerprint density at radius 1 is 1.33 bits per heavy atom. The number of unbranched alkanes of at least 4 members (excludes halogenated alkanes) is 1. The van der Waals surface area contributed by atoms with Crippen molar-refractivity contribution in [1.82, 2.24) is 10.2 Å². The minimum Gasteiger partial charge on any atom is -0.466 e. The summed E-state index contributed by atoms with van der Waals surface area (Å²) in [5.74, 6) is 1.73. The van der Waals surface area contributed by atoms with E-state index in [1.54, 1.807) is 0 Å². The number of nitrogens with one attached hydrogen (secondary N) is 1. The van der Waals surface area contributed by atoms with Crippen molar-refractivity contribution in [2.24, 2.45) is 0 Å². The molecule has 4 nitrogen and oxygen atoms in total. The molecular formula is C17H28N2O2. The lowest BCUT2D eigenvalue weighted by atomic mass is 10.1. The Balaban J connectivity index is 2.15. The fourth-order valence-corrected chi connectivity index (χ4v) is 3.07. The van der Waals surface area contributed by atoms with Gasteiger partial charge in [-0.15, -0.1) is 0 Å². The Labute approximate surface area is 127 Å². The average Bonchev–Trinajstić information content (AvgIpc) is 3.03. The van der Waals surface area contributed by atoms with Gasteiger partial charge in [0.1, 0.15) is 11.5 Å². The predicted molar refractivity (Wildman–Crippen MR) is 84.8 cm³/mol. The highest BCUT2D eigenvalue weighted by molar-refractivity contribution is 5.96. The van der Waals surface area contributed by atoms with E-state index in [1.165, 1.54) is 6.42 Å². The molecule has 4 heteroatoms. The summed E-state index contributed by atoms with van der Waals surface area (Å²) in [6, 6.07) is 0.444. The largest absolute Gasteiger partial charge is 0.466 e. The second kappa shape index (κ2) is 7.12. The van der Waals surface area contributed by atoms with Crippen LogP contribution >= 0.6 is 0 Å². The topological polar surface area (TPSA) is 45.5 Å². The van der Waals surface area contributed by atoms with Crippen LogP contribution in [0.5, 0.6) is 0 Å². The van der Waals surface area contributed by atoms with Gasteiger partial charge in [-0.25, -0.2) is 0 Å². The molecule has 1 aromatic heterocycles. The van der Waals surface area contributed by atoms with E-state index < -0.39 is 0 Å². The van der Waals surface area contributed by atoms with E-state index >= 15 is 0 Å². The molecule has 1 aromatic rings. The quantitative estimate of drug-likeness (QED) is 0.875. The van der Waals surface area contributed by atoms with E-state index in [4.69, 9.17) is 4.42 Å². The molecule has 118 valence electrons. The molecule has 1 aliphatic rings. The molecule has 1 aliphatic heterocycles. The lowest BCUT2D eigenvalue weighted by Crippen LogP contribution is -2.42. The van der Waals surface area contributed by atoms with E-state index in [1.807, 2.05) is 25.7 Å². The number of carbonyl (C=O) groups is 1. The Bertz CT molecular complexity index is 487. The van der Waals surface area contributed by atoms with Crippen molar-refractivity contribution >= 4 is 5.91 Å². The second-order valence-corrected chi connectivity index (χ2v) is 6.11. The number of hydrogen-bond donors (Lipinski definition) is 1. The molecule has 1 amide bonds. The van der Waals surface area contributed by atoms with Crippen molar-refractivity contribution in [3.8, 4) is 0 Å². The highest BCUT2D eigenvalue weighted by atomic mass is 16.3. The SMILES string of the molecule is CCCCN(CC1CCCN1)C(=O)c1c(C)oc(C)c1C. The van der Waals surface area contributed by atoms with Crippen LogP contribution in [0.15, 0.2) is 4.42 Å². The van der Waals surface area contributed by atoms with Crippen molar-refractivity contribution in [3.63, 3.8) is 0 Å². The number of furan rings is 1. The average molecular weight is 292 g/mol. The van der Waals surface area contributed by atoms with Gasteiger partial charge in [-0.05, 0) is 46.6 Å². The van der Waals surface area contributed by atoms with Crippen LogP contribution in [0.25, 0.3) is 0 Å². The van der Waals surface area contributed by atoms with Gasteiger partial charge in [0.25, 0.3) is 5.91 Å². The van der Waals surface area contributed by atoms with E-state index in [0.29, 0.717) is 6.04 Å². The minimum atomic E-state index is 0.129. The molecule has 0 radical (unpaired) electrons. The fourth-order valence-electron chi connectivity index (χ4n) is 3.07. The Morgan fingerprint density at radius 2 is 2.10 bits per heavy atom. The first-order valence-electron chi connectivity index (χ1n) is 8.13. The van der Waals surface area contributed by atoms with Crippen LogP contribution in [0.3, 0.4) is 0 Å². The van der Waals surface area contributed by atoms with Crippen LogP contribution < -0.4 is 5.32 Å². The van der Waals surface area contributed by atoms with Gasteiger partial charge >= 0.3 is 0 Å². The summed E-state index contributed by atoms with van der Waals surface area (Å²) in [5, 5.41) is 3.49. The molecule has 0 saturated carbocycles. The Morgan fingerprint density at radius 3 is 2.62 bits per heavy atom.